The van der Waals surface area contributed by atoms with E-state index in [0.717, 1.165) is 25.1 Å². The molecular weight excluding hydrogens is 278 g/mol. The molecule has 5 nitrogen and oxygen atoms in total. The Morgan fingerprint density at radius 2 is 2.40 bits per heavy atom. The van der Waals surface area contributed by atoms with Crippen LogP contribution in [0.2, 0.25) is 5.02 Å². The molecule has 0 radical (unpaired) electrons. The number of oxazole rings is 1. The number of nitrogens with one attached hydrogen (secondary N) is 1. The topological polar surface area (TPSA) is 60.2 Å². The highest BCUT2D eigenvalue weighted by molar-refractivity contribution is 6.30. The summed E-state index contributed by atoms with van der Waals surface area (Å²) in [5.41, 5.74) is 0.903. The van der Waals surface area contributed by atoms with Crippen molar-refractivity contribution in [2.45, 2.75) is 19.4 Å². The molecule has 1 aliphatic heterocycles. The minimum Gasteiger partial charge on any atom is -0.464 e. The summed E-state index contributed by atoms with van der Waals surface area (Å²) in [6.07, 6.45) is 5.59. The van der Waals surface area contributed by atoms with Crippen LogP contribution in [0.1, 0.15) is 24.0 Å². The van der Waals surface area contributed by atoms with E-state index >= 15 is 0 Å². The third kappa shape index (κ3) is 2.78. The standard InChI is InChI=1S/C14H16ClN3O2/c1-9-6-11(15)8-18-13(9)20-12(10-2-3-16-7-10)14-17-4-5-19-14/h4-6,8,10,12,16H,2-3,7H2,1H3/t10?,12-/m0/s1. The van der Waals surface area contributed by atoms with E-state index in [-0.39, 0.29) is 6.10 Å². The van der Waals surface area contributed by atoms with Crippen LogP contribution >= 0.6 is 11.6 Å². The lowest BCUT2D eigenvalue weighted by Gasteiger charge is -2.21. The van der Waals surface area contributed by atoms with Crippen LogP contribution in [0, 0.1) is 12.8 Å². The zero-order chi connectivity index (χ0) is 13.9. The maximum absolute atomic E-state index is 6.06. The summed E-state index contributed by atoms with van der Waals surface area (Å²) < 4.78 is 11.5. The van der Waals surface area contributed by atoms with E-state index in [9.17, 15) is 0 Å². The lowest BCUT2D eigenvalue weighted by atomic mass is 10.0. The smallest absolute Gasteiger partial charge is 0.235 e. The second-order valence-electron chi connectivity index (χ2n) is 4.94. The second-order valence-corrected chi connectivity index (χ2v) is 5.37. The molecule has 0 aliphatic carbocycles. The molecule has 3 rings (SSSR count). The predicted octanol–water partition coefficient (Wildman–Crippen LogP) is 2.76. The van der Waals surface area contributed by atoms with Gasteiger partial charge in [0.25, 0.3) is 0 Å². The zero-order valence-electron chi connectivity index (χ0n) is 11.2. The van der Waals surface area contributed by atoms with Gasteiger partial charge < -0.3 is 14.5 Å². The molecule has 2 aromatic rings. The summed E-state index contributed by atoms with van der Waals surface area (Å²) in [6, 6.07) is 1.84. The number of rotatable bonds is 4. The summed E-state index contributed by atoms with van der Waals surface area (Å²) in [6.45, 7) is 3.80. The highest BCUT2D eigenvalue weighted by atomic mass is 35.5. The van der Waals surface area contributed by atoms with Gasteiger partial charge in [-0.3, -0.25) is 0 Å². The van der Waals surface area contributed by atoms with Gasteiger partial charge in [0.1, 0.15) is 6.26 Å². The van der Waals surface area contributed by atoms with Gasteiger partial charge in [0.05, 0.1) is 11.2 Å². The van der Waals surface area contributed by atoms with Crippen molar-refractivity contribution in [3.05, 3.63) is 41.2 Å². The SMILES string of the molecule is Cc1cc(Cl)cnc1O[C@H](c1ncco1)C1CCNC1. The van der Waals surface area contributed by atoms with Crippen LogP contribution in [0.4, 0.5) is 0 Å². The van der Waals surface area contributed by atoms with Crippen LogP contribution in [0.15, 0.2) is 29.1 Å². The molecule has 0 aromatic carbocycles. The number of nitrogens with zero attached hydrogens (tertiary/aromatic N) is 2. The van der Waals surface area contributed by atoms with Crippen molar-refractivity contribution in [2.75, 3.05) is 13.1 Å². The summed E-state index contributed by atoms with van der Waals surface area (Å²) in [5.74, 6) is 1.49. The Bertz CT molecular complexity index is 568. The lowest BCUT2D eigenvalue weighted by molar-refractivity contribution is 0.108. The van der Waals surface area contributed by atoms with Crippen LogP contribution < -0.4 is 10.1 Å². The van der Waals surface area contributed by atoms with Crippen molar-refractivity contribution in [1.82, 2.24) is 15.3 Å². The normalized spacial score (nSPS) is 20.0. The van der Waals surface area contributed by atoms with E-state index in [0.29, 0.717) is 22.7 Å². The Kier molecular flexibility index (Phi) is 3.89. The Morgan fingerprint density at radius 3 is 3.05 bits per heavy atom. The number of pyridine rings is 1. The van der Waals surface area contributed by atoms with Gasteiger partial charge in [-0.25, -0.2) is 9.97 Å². The average molecular weight is 294 g/mol. The zero-order valence-corrected chi connectivity index (χ0v) is 11.9. The van der Waals surface area contributed by atoms with Crippen molar-refractivity contribution in [1.29, 1.82) is 0 Å². The molecule has 0 spiro atoms. The molecule has 106 valence electrons. The Labute approximate surface area is 122 Å². The summed E-state index contributed by atoms with van der Waals surface area (Å²) in [4.78, 5) is 8.49. The number of aryl methyl sites for hydroxylation is 1. The number of hydrogen-bond acceptors (Lipinski definition) is 5. The fraction of sp³-hybridized carbons (Fsp3) is 0.429. The van der Waals surface area contributed by atoms with Crippen molar-refractivity contribution in [2.24, 2.45) is 5.92 Å². The van der Waals surface area contributed by atoms with Gasteiger partial charge in [-0.15, -0.1) is 0 Å². The third-order valence-corrected chi connectivity index (χ3v) is 3.66. The first-order chi connectivity index (χ1) is 9.74. The molecule has 2 atom stereocenters. The van der Waals surface area contributed by atoms with E-state index in [1.165, 1.54) is 0 Å². The molecule has 3 heterocycles. The van der Waals surface area contributed by atoms with Crippen molar-refractivity contribution < 1.29 is 9.15 Å². The number of ether oxygens (including phenoxy) is 1. The average Bonchev–Trinajstić information content (AvgIpc) is 3.11. The van der Waals surface area contributed by atoms with Gasteiger partial charge in [-0.1, -0.05) is 11.6 Å². The Hall–Kier alpha value is -1.59. The van der Waals surface area contributed by atoms with Crippen LogP contribution in [0.3, 0.4) is 0 Å². The first-order valence-electron chi connectivity index (χ1n) is 6.63. The quantitative estimate of drug-likeness (QED) is 0.939. The molecule has 1 aliphatic rings. The van der Waals surface area contributed by atoms with Crippen LogP contribution in [-0.4, -0.2) is 23.1 Å². The summed E-state index contributed by atoms with van der Waals surface area (Å²) in [7, 11) is 0. The highest BCUT2D eigenvalue weighted by Crippen LogP contribution is 2.32. The molecular formula is C14H16ClN3O2. The fourth-order valence-electron chi connectivity index (χ4n) is 2.43. The van der Waals surface area contributed by atoms with E-state index in [1.54, 1.807) is 18.7 Å². The minimum atomic E-state index is -0.229. The molecule has 20 heavy (non-hydrogen) atoms. The van der Waals surface area contributed by atoms with Gasteiger partial charge in [0.15, 0.2) is 6.10 Å². The lowest BCUT2D eigenvalue weighted by Crippen LogP contribution is -2.22. The summed E-state index contributed by atoms with van der Waals surface area (Å²) in [5, 5.41) is 3.94. The van der Waals surface area contributed by atoms with Gasteiger partial charge in [-0.05, 0) is 26.0 Å². The number of halogens is 1. The van der Waals surface area contributed by atoms with E-state index in [2.05, 4.69) is 15.3 Å². The maximum atomic E-state index is 6.06. The molecule has 0 bridgehead atoms. The molecule has 0 saturated carbocycles. The van der Waals surface area contributed by atoms with Crippen LogP contribution in [-0.2, 0) is 0 Å². The largest absolute Gasteiger partial charge is 0.464 e. The molecule has 1 N–H and O–H groups in total. The van der Waals surface area contributed by atoms with Gasteiger partial charge in [0, 0.05) is 24.2 Å². The van der Waals surface area contributed by atoms with Gasteiger partial charge in [-0.2, -0.15) is 0 Å². The van der Waals surface area contributed by atoms with Gasteiger partial charge in [0.2, 0.25) is 11.8 Å². The third-order valence-electron chi connectivity index (χ3n) is 3.46. The number of aromatic nitrogens is 2. The van der Waals surface area contributed by atoms with Crippen molar-refractivity contribution in [3.63, 3.8) is 0 Å². The van der Waals surface area contributed by atoms with E-state index in [1.807, 2.05) is 13.0 Å². The second kappa shape index (κ2) is 5.81. The molecule has 2 aromatic heterocycles. The van der Waals surface area contributed by atoms with Crippen molar-refractivity contribution in [3.8, 4) is 5.88 Å². The molecule has 1 fully saturated rings. The van der Waals surface area contributed by atoms with E-state index in [4.69, 9.17) is 20.8 Å². The monoisotopic (exact) mass is 293 g/mol. The molecule has 0 amide bonds. The molecule has 1 saturated heterocycles. The fourth-order valence-corrected chi connectivity index (χ4v) is 2.64. The molecule has 1 unspecified atom stereocenters. The Morgan fingerprint density at radius 1 is 1.50 bits per heavy atom. The maximum Gasteiger partial charge on any atom is 0.235 e. The van der Waals surface area contributed by atoms with E-state index < -0.39 is 0 Å². The van der Waals surface area contributed by atoms with Gasteiger partial charge >= 0.3 is 0 Å². The predicted molar refractivity (Wildman–Crippen MR) is 74.8 cm³/mol. The molecule has 6 heteroatoms. The Balaban J connectivity index is 1.86. The first kappa shape index (κ1) is 13.4. The first-order valence-corrected chi connectivity index (χ1v) is 7.01. The number of hydrogen-bond donors (Lipinski definition) is 1. The van der Waals surface area contributed by atoms with Crippen LogP contribution in [0.25, 0.3) is 0 Å². The summed E-state index contributed by atoms with van der Waals surface area (Å²) >= 11 is 5.92. The van der Waals surface area contributed by atoms with Crippen LogP contribution in [0.5, 0.6) is 5.88 Å². The van der Waals surface area contributed by atoms with Crippen molar-refractivity contribution >= 4 is 11.6 Å². The minimum absolute atomic E-state index is 0.229. The highest BCUT2D eigenvalue weighted by Gasteiger charge is 2.32.